The van der Waals surface area contributed by atoms with Gasteiger partial charge in [0.2, 0.25) is 5.91 Å². The van der Waals surface area contributed by atoms with Gasteiger partial charge < -0.3 is 10.1 Å². The molecule has 1 amide bonds. The minimum atomic E-state index is -0.705. The topological polar surface area (TPSA) is 43.8 Å². The number of likely N-dealkylation sites (N-methyl/N-ethyl adjacent to an activating group) is 1. The maximum Gasteiger partial charge on any atom is 0.246 e. The van der Waals surface area contributed by atoms with Crippen molar-refractivity contribution in [3.05, 3.63) is 34.3 Å². The van der Waals surface area contributed by atoms with Gasteiger partial charge in [0.05, 0.1) is 0 Å². The summed E-state index contributed by atoms with van der Waals surface area (Å²) in [7, 11) is 3.37. The molecule has 1 aromatic carbocycles. The third kappa shape index (κ3) is 4.03. The maximum atomic E-state index is 12.3. The molecule has 1 unspecified atom stereocenters. The van der Waals surface area contributed by atoms with E-state index < -0.39 is 11.6 Å². The van der Waals surface area contributed by atoms with E-state index in [4.69, 9.17) is 0 Å². The van der Waals surface area contributed by atoms with Crippen LogP contribution in [-0.4, -0.2) is 40.7 Å². The Balaban J connectivity index is 3.20. The highest BCUT2D eigenvalue weighted by atomic mass is 79.9. The minimum Gasteiger partial charge on any atom is -0.347 e. The van der Waals surface area contributed by atoms with Crippen LogP contribution in [0, 0.1) is 0 Å². The minimum absolute atomic E-state index is 0.153. The molecule has 106 valence electrons. The molecule has 1 rings (SSSR count). The van der Waals surface area contributed by atoms with E-state index in [2.05, 4.69) is 15.9 Å². The van der Waals surface area contributed by atoms with Crippen molar-refractivity contribution >= 4 is 21.8 Å². The fourth-order valence-corrected chi connectivity index (χ4v) is 1.93. The summed E-state index contributed by atoms with van der Waals surface area (Å²) in [4.78, 5) is 13.8. The molecule has 5 heteroatoms. The standard InChI is InChI=1S/C14H21BrN2O2/c1-14(2,3)17(19)12(13(18)16(4)5)10-6-8-11(15)9-7-10/h6-9,12,19H,1-5H3. The Morgan fingerprint density at radius 1 is 1.21 bits per heavy atom. The molecule has 0 fully saturated rings. The largest absolute Gasteiger partial charge is 0.347 e. The van der Waals surface area contributed by atoms with E-state index in [0.29, 0.717) is 0 Å². The van der Waals surface area contributed by atoms with Crippen LogP contribution < -0.4 is 0 Å². The molecular weight excluding hydrogens is 308 g/mol. The van der Waals surface area contributed by atoms with Crippen molar-refractivity contribution in [1.82, 2.24) is 9.96 Å². The van der Waals surface area contributed by atoms with Crippen molar-refractivity contribution in [2.24, 2.45) is 0 Å². The highest BCUT2D eigenvalue weighted by Crippen LogP contribution is 2.28. The Morgan fingerprint density at radius 3 is 2.05 bits per heavy atom. The zero-order valence-electron chi connectivity index (χ0n) is 12.0. The normalized spacial score (nSPS) is 13.5. The smallest absolute Gasteiger partial charge is 0.246 e. The van der Waals surface area contributed by atoms with Crippen molar-refractivity contribution in [1.29, 1.82) is 0 Å². The number of halogens is 1. The summed E-state index contributed by atoms with van der Waals surface area (Å²) in [5, 5.41) is 11.5. The van der Waals surface area contributed by atoms with Gasteiger partial charge in [-0.3, -0.25) is 4.79 Å². The Bertz CT molecular complexity index is 438. The lowest BCUT2D eigenvalue weighted by molar-refractivity contribution is -0.197. The number of carbonyl (C=O) groups is 1. The van der Waals surface area contributed by atoms with E-state index in [9.17, 15) is 10.0 Å². The second-order valence-electron chi connectivity index (χ2n) is 5.70. The van der Waals surface area contributed by atoms with Crippen LogP contribution in [-0.2, 0) is 4.79 Å². The second kappa shape index (κ2) is 6.03. The lowest BCUT2D eigenvalue weighted by Crippen LogP contribution is -2.47. The molecule has 0 aliphatic heterocycles. The lowest BCUT2D eigenvalue weighted by atomic mass is 10.00. The van der Waals surface area contributed by atoms with Crippen LogP contribution in [0.25, 0.3) is 0 Å². The van der Waals surface area contributed by atoms with Gasteiger partial charge in [-0.1, -0.05) is 28.1 Å². The first-order valence-corrected chi connectivity index (χ1v) is 6.88. The first-order valence-electron chi connectivity index (χ1n) is 6.09. The number of hydroxylamine groups is 2. The summed E-state index contributed by atoms with van der Waals surface area (Å²) in [5.74, 6) is -0.153. The molecule has 0 bridgehead atoms. The zero-order valence-corrected chi connectivity index (χ0v) is 13.6. The third-order valence-corrected chi connectivity index (χ3v) is 3.32. The maximum absolute atomic E-state index is 12.3. The van der Waals surface area contributed by atoms with E-state index in [0.717, 1.165) is 15.1 Å². The first kappa shape index (κ1) is 16.1. The number of amides is 1. The second-order valence-corrected chi connectivity index (χ2v) is 6.62. The molecule has 0 spiro atoms. The molecule has 19 heavy (non-hydrogen) atoms. The Labute approximate surface area is 123 Å². The van der Waals surface area contributed by atoms with E-state index in [1.807, 2.05) is 45.0 Å². The number of hydrogen-bond donors (Lipinski definition) is 1. The van der Waals surface area contributed by atoms with Crippen LogP contribution in [0.15, 0.2) is 28.7 Å². The lowest BCUT2D eigenvalue weighted by Gasteiger charge is -2.36. The van der Waals surface area contributed by atoms with Crippen molar-refractivity contribution in [3.8, 4) is 0 Å². The van der Waals surface area contributed by atoms with Crippen molar-refractivity contribution in [3.63, 3.8) is 0 Å². The van der Waals surface area contributed by atoms with E-state index in [-0.39, 0.29) is 5.91 Å². The third-order valence-electron chi connectivity index (χ3n) is 2.79. The van der Waals surface area contributed by atoms with Crippen LogP contribution in [0.3, 0.4) is 0 Å². The Morgan fingerprint density at radius 2 is 1.68 bits per heavy atom. The molecule has 1 atom stereocenters. The van der Waals surface area contributed by atoms with Gasteiger partial charge in [0.15, 0.2) is 0 Å². The Kier molecular flexibility index (Phi) is 5.12. The monoisotopic (exact) mass is 328 g/mol. The van der Waals surface area contributed by atoms with Crippen LogP contribution in [0.5, 0.6) is 0 Å². The van der Waals surface area contributed by atoms with Crippen LogP contribution in [0.1, 0.15) is 32.4 Å². The molecule has 0 aliphatic rings. The predicted octanol–water partition coefficient (Wildman–Crippen LogP) is 3.07. The van der Waals surface area contributed by atoms with Crippen LogP contribution in [0.2, 0.25) is 0 Å². The summed E-state index contributed by atoms with van der Waals surface area (Å²) in [5.41, 5.74) is 0.239. The quantitative estimate of drug-likeness (QED) is 0.867. The van der Waals surface area contributed by atoms with Crippen molar-refractivity contribution in [2.75, 3.05) is 14.1 Å². The molecule has 0 radical (unpaired) electrons. The molecule has 0 aromatic heterocycles. The number of benzene rings is 1. The molecular formula is C14H21BrN2O2. The van der Waals surface area contributed by atoms with Crippen molar-refractivity contribution in [2.45, 2.75) is 32.4 Å². The Hall–Kier alpha value is -0.910. The first-order chi connectivity index (χ1) is 8.64. The predicted molar refractivity (Wildman–Crippen MR) is 79.0 cm³/mol. The fourth-order valence-electron chi connectivity index (χ4n) is 1.67. The molecule has 0 saturated heterocycles. The van der Waals surface area contributed by atoms with Gasteiger partial charge in [0.25, 0.3) is 0 Å². The summed E-state index contributed by atoms with van der Waals surface area (Å²) < 4.78 is 0.938. The molecule has 0 heterocycles. The average Bonchev–Trinajstić information content (AvgIpc) is 2.30. The molecule has 1 N–H and O–H groups in total. The highest BCUT2D eigenvalue weighted by molar-refractivity contribution is 9.10. The number of nitrogens with zero attached hydrogens (tertiary/aromatic N) is 2. The molecule has 4 nitrogen and oxygen atoms in total. The van der Waals surface area contributed by atoms with Gasteiger partial charge in [0.1, 0.15) is 6.04 Å². The zero-order chi connectivity index (χ0) is 14.8. The number of rotatable bonds is 3. The van der Waals surface area contributed by atoms with Gasteiger partial charge in [-0.05, 0) is 38.5 Å². The number of hydrogen-bond acceptors (Lipinski definition) is 3. The van der Waals surface area contributed by atoms with Crippen LogP contribution >= 0.6 is 15.9 Å². The van der Waals surface area contributed by atoms with Gasteiger partial charge in [-0.2, -0.15) is 5.06 Å². The summed E-state index contributed by atoms with van der Waals surface area (Å²) >= 11 is 3.37. The fraction of sp³-hybridized carbons (Fsp3) is 0.500. The van der Waals surface area contributed by atoms with Gasteiger partial charge in [-0.25, -0.2) is 0 Å². The average molecular weight is 329 g/mol. The molecule has 0 aliphatic carbocycles. The summed E-state index contributed by atoms with van der Waals surface area (Å²) in [6, 6.07) is 6.70. The van der Waals surface area contributed by atoms with Crippen molar-refractivity contribution < 1.29 is 10.0 Å². The SMILES string of the molecule is CN(C)C(=O)C(c1ccc(Br)cc1)N(O)C(C)(C)C. The molecule has 0 saturated carbocycles. The van der Waals surface area contributed by atoms with Crippen LogP contribution in [0.4, 0.5) is 0 Å². The van der Waals surface area contributed by atoms with E-state index >= 15 is 0 Å². The van der Waals surface area contributed by atoms with E-state index in [1.54, 1.807) is 14.1 Å². The summed E-state index contributed by atoms with van der Waals surface area (Å²) in [6.45, 7) is 5.59. The highest BCUT2D eigenvalue weighted by Gasteiger charge is 2.34. The molecule has 1 aromatic rings. The summed E-state index contributed by atoms with van der Waals surface area (Å²) in [6.07, 6.45) is 0. The van der Waals surface area contributed by atoms with Gasteiger partial charge in [0, 0.05) is 24.1 Å². The van der Waals surface area contributed by atoms with Gasteiger partial charge >= 0.3 is 0 Å². The van der Waals surface area contributed by atoms with Gasteiger partial charge in [-0.15, -0.1) is 0 Å². The number of carbonyl (C=O) groups excluding carboxylic acids is 1. The van der Waals surface area contributed by atoms with E-state index in [1.165, 1.54) is 4.90 Å².